The second-order valence-electron chi connectivity index (χ2n) is 5.81. The van der Waals surface area contributed by atoms with Crippen molar-refractivity contribution in [2.24, 2.45) is 0 Å². The lowest BCUT2D eigenvalue weighted by molar-refractivity contribution is 0.0919. The van der Waals surface area contributed by atoms with Crippen LogP contribution in [0, 0.1) is 0 Å². The molecular weight excluding hydrogens is 228 g/mol. The zero-order valence-corrected chi connectivity index (χ0v) is 12.4. The van der Waals surface area contributed by atoms with Crippen molar-refractivity contribution in [1.82, 2.24) is 10.2 Å². The number of ether oxygens (including phenoxy) is 1. The van der Waals surface area contributed by atoms with Gasteiger partial charge >= 0.3 is 0 Å². The van der Waals surface area contributed by atoms with Gasteiger partial charge in [-0.25, -0.2) is 0 Å². The van der Waals surface area contributed by atoms with Crippen LogP contribution in [0.3, 0.4) is 0 Å². The van der Waals surface area contributed by atoms with Crippen molar-refractivity contribution in [2.75, 3.05) is 33.4 Å². The van der Waals surface area contributed by atoms with E-state index in [-0.39, 0.29) is 12.1 Å². The number of nitrogens with one attached hydrogen (secondary N) is 1. The van der Waals surface area contributed by atoms with Crippen molar-refractivity contribution in [2.45, 2.75) is 57.7 Å². The first-order chi connectivity index (χ1) is 8.54. The van der Waals surface area contributed by atoms with Gasteiger partial charge in [0.15, 0.2) is 0 Å². The number of likely N-dealkylation sites (N-methyl/N-ethyl adjacent to an activating group) is 1. The highest BCUT2D eigenvalue weighted by atomic mass is 16.5. The van der Waals surface area contributed by atoms with Gasteiger partial charge in [0.1, 0.15) is 0 Å². The minimum atomic E-state index is -0.152. The van der Waals surface area contributed by atoms with Gasteiger partial charge in [0, 0.05) is 31.3 Å². The smallest absolute Gasteiger partial charge is 0.0611 e. The second kappa shape index (κ2) is 7.43. The Morgan fingerprint density at radius 3 is 2.61 bits per heavy atom. The summed E-state index contributed by atoms with van der Waals surface area (Å²) in [6.45, 7) is 9.50. The van der Waals surface area contributed by atoms with E-state index in [1.807, 2.05) is 0 Å². The number of rotatable bonds is 10. The van der Waals surface area contributed by atoms with Gasteiger partial charge in [-0.05, 0) is 39.7 Å². The monoisotopic (exact) mass is 258 g/mol. The van der Waals surface area contributed by atoms with Gasteiger partial charge in [-0.15, -0.1) is 0 Å². The van der Waals surface area contributed by atoms with Crippen LogP contribution < -0.4 is 5.32 Å². The zero-order chi connectivity index (χ0) is 13.6. The first-order valence-electron chi connectivity index (χ1n) is 7.16. The third-order valence-corrected chi connectivity index (χ3v) is 3.84. The molecule has 1 saturated carbocycles. The standard InChI is InChI=1S/C14H30N2O2/c1-5-16(8-9-18-4)12(2)10-14(3,11-17)15-13-6-7-13/h12-13,15,17H,5-11H2,1-4H3. The summed E-state index contributed by atoms with van der Waals surface area (Å²) in [5.41, 5.74) is -0.152. The summed E-state index contributed by atoms with van der Waals surface area (Å²) in [4.78, 5) is 2.41. The Balaban J connectivity index is 2.44. The molecule has 1 rings (SSSR count). The molecule has 0 spiro atoms. The number of aliphatic hydroxyl groups excluding tert-OH is 1. The van der Waals surface area contributed by atoms with E-state index in [1.54, 1.807) is 7.11 Å². The largest absolute Gasteiger partial charge is 0.394 e. The van der Waals surface area contributed by atoms with Gasteiger partial charge in [0.2, 0.25) is 0 Å². The lowest BCUT2D eigenvalue weighted by Crippen LogP contribution is -2.51. The molecule has 2 N–H and O–H groups in total. The van der Waals surface area contributed by atoms with Crippen molar-refractivity contribution in [1.29, 1.82) is 0 Å². The van der Waals surface area contributed by atoms with E-state index >= 15 is 0 Å². The predicted molar refractivity (Wildman–Crippen MR) is 74.9 cm³/mol. The number of methoxy groups -OCH3 is 1. The van der Waals surface area contributed by atoms with Gasteiger partial charge in [-0.1, -0.05) is 6.92 Å². The molecule has 2 atom stereocenters. The molecule has 0 aromatic carbocycles. The van der Waals surface area contributed by atoms with Crippen molar-refractivity contribution in [3.05, 3.63) is 0 Å². The SMILES string of the molecule is CCN(CCOC)C(C)CC(C)(CO)NC1CC1. The molecule has 4 heteroatoms. The predicted octanol–water partition coefficient (Wildman–Crippen LogP) is 1.24. The molecule has 0 radical (unpaired) electrons. The van der Waals surface area contributed by atoms with E-state index in [9.17, 15) is 5.11 Å². The van der Waals surface area contributed by atoms with Crippen LogP contribution in [0.1, 0.15) is 40.0 Å². The Labute approximate surface area is 112 Å². The number of nitrogens with zero attached hydrogens (tertiary/aromatic N) is 1. The summed E-state index contributed by atoms with van der Waals surface area (Å²) >= 11 is 0. The van der Waals surface area contributed by atoms with E-state index in [2.05, 4.69) is 31.0 Å². The van der Waals surface area contributed by atoms with Gasteiger partial charge in [0.05, 0.1) is 13.2 Å². The van der Waals surface area contributed by atoms with Crippen molar-refractivity contribution < 1.29 is 9.84 Å². The summed E-state index contributed by atoms with van der Waals surface area (Å²) < 4.78 is 5.15. The highest BCUT2D eigenvalue weighted by molar-refractivity contribution is 4.94. The molecule has 1 fully saturated rings. The lowest BCUT2D eigenvalue weighted by Gasteiger charge is -2.36. The van der Waals surface area contributed by atoms with E-state index in [0.29, 0.717) is 12.1 Å². The minimum absolute atomic E-state index is 0.152. The maximum atomic E-state index is 9.64. The molecule has 0 bridgehead atoms. The quantitative estimate of drug-likeness (QED) is 0.619. The highest BCUT2D eigenvalue weighted by Gasteiger charge is 2.33. The molecule has 1 aliphatic carbocycles. The first-order valence-corrected chi connectivity index (χ1v) is 7.16. The number of aliphatic hydroxyl groups is 1. The summed E-state index contributed by atoms with van der Waals surface area (Å²) in [7, 11) is 1.74. The van der Waals surface area contributed by atoms with Crippen LogP contribution in [0.2, 0.25) is 0 Å². The molecule has 108 valence electrons. The van der Waals surface area contributed by atoms with Crippen LogP contribution in [0.5, 0.6) is 0 Å². The van der Waals surface area contributed by atoms with Crippen LogP contribution in [-0.2, 0) is 4.74 Å². The molecule has 18 heavy (non-hydrogen) atoms. The molecule has 0 aromatic heterocycles. The molecule has 0 aliphatic heterocycles. The molecule has 4 nitrogen and oxygen atoms in total. The summed E-state index contributed by atoms with van der Waals surface area (Å²) in [5, 5.41) is 13.2. The Morgan fingerprint density at radius 2 is 2.17 bits per heavy atom. The molecular formula is C14H30N2O2. The van der Waals surface area contributed by atoms with Gasteiger partial charge in [-0.3, -0.25) is 4.90 Å². The average Bonchev–Trinajstić information content (AvgIpc) is 3.13. The Kier molecular flexibility index (Phi) is 6.57. The molecule has 0 aromatic rings. The minimum Gasteiger partial charge on any atom is -0.394 e. The van der Waals surface area contributed by atoms with Crippen LogP contribution in [0.25, 0.3) is 0 Å². The topological polar surface area (TPSA) is 44.7 Å². The maximum Gasteiger partial charge on any atom is 0.0611 e. The molecule has 2 unspecified atom stereocenters. The van der Waals surface area contributed by atoms with Crippen molar-refractivity contribution in [3.8, 4) is 0 Å². The van der Waals surface area contributed by atoms with E-state index in [1.165, 1.54) is 12.8 Å². The third-order valence-electron chi connectivity index (χ3n) is 3.84. The maximum absolute atomic E-state index is 9.64. The fourth-order valence-corrected chi connectivity index (χ4v) is 2.57. The first kappa shape index (κ1) is 15.9. The normalized spacial score (nSPS) is 21.0. The van der Waals surface area contributed by atoms with Crippen LogP contribution in [-0.4, -0.2) is 61.0 Å². The van der Waals surface area contributed by atoms with Gasteiger partial charge in [-0.2, -0.15) is 0 Å². The van der Waals surface area contributed by atoms with Crippen LogP contribution in [0.4, 0.5) is 0 Å². The third kappa shape index (κ3) is 5.22. The van der Waals surface area contributed by atoms with E-state index in [0.717, 1.165) is 26.1 Å². The Hall–Kier alpha value is -0.160. The fraction of sp³-hybridized carbons (Fsp3) is 1.00. The lowest BCUT2D eigenvalue weighted by atomic mass is 9.93. The Bertz CT molecular complexity index is 234. The zero-order valence-electron chi connectivity index (χ0n) is 12.4. The van der Waals surface area contributed by atoms with E-state index < -0.39 is 0 Å². The summed E-state index contributed by atoms with van der Waals surface area (Å²) in [5.74, 6) is 0. The second-order valence-corrected chi connectivity index (χ2v) is 5.81. The van der Waals surface area contributed by atoms with Crippen molar-refractivity contribution in [3.63, 3.8) is 0 Å². The highest BCUT2D eigenvalue weighted by Crippen LogP contribution is 2.25. The molecule has 0 amide bonds. The number of hydrogen-bond donors (Lipinski definition) is 2. The summed E-state index contributed by atoms with van der Waals surface area (Å²) in [6, 6.07) is 1.08. The van der Waals surface area contributed by atoms with Gasteiger partial charge in [0.25, 0.3) is 0 Å². The van der Waals surface area contributed by atoms with Gasteiger partial charge < -0.3 is 15.2 Å². The van der Waals surface area contributed by atoms with Crippen LogP contribution >= 0.6 is 0 Å². The molecule has 1 aliphatic rings. The molecule has 0 heterocycles. The summed E-state index contributed by atoms with van der Waals surface area (Å²) in [6.07, 6.45) is 3.48. The van der Waals surface area contributed by atoms with Crippen molar-refractivity contribution >= 4 is 0 Å². The molecule has 0 saturated heterocycles. The Morgan fingerprint density at radius 1 is 1.50 bits per heavy atom. The number of hydrogen-bond acceptors (Lipinski definition) is 4. The average molecular weight is 258 g/mol. The fourth-order valence-electron chi connectivity index (χ4n) is 2.57. The van der Waals surface area contributed by atoms with E-state index in [4.69, 9.17) is 4.74 Å². The van der Waals surface area contributed by atoms with Crippen LogP contribution in [0.15, 0.2) is 0 Å².